The molecule has 2 aliphatic rings. The monoisotopic (exact) mass is 238 g/mol. The molecule has 1 heteroatoms. The van der Waals surface area contributed by atoms with Gasteiger partial charge in [-0.1, -0.05) is 46.5 Å². The summed E-state index contributed by atoms with van der Waals surface area (Å²) in [5.41, 5.74) is -0.0236. The lowest BCUT2D eigenvalue weighted by molar-refractivity contribution is -0.103. The third-order valence-electron chi connectivity index (χ3n) is 5.00. The lowest BCUT2D eigenvalue weighted by atomic mass is 9.61. The summed E-state index contributed by atoms with van der Waals surface area (Å²) in [7, 11) is 0. The van der Waals surface area contributed by atoms with Gasteiger partial charge in [0.25, 0.3) is 0 Å². The maximum atomic E-state index is 11.1. The number of hydrogen-bond donors (Lipinski definition) is 1. The molecule has 0 aromatic rings. The molecule has 2 rings (SSSR count). The van der Waals surface area contributed by atoms with E-state index in [9.17, 15) is 5.11 Å². The molecule has 2 fully saturated rings. The van der Waals surface area contributed by atoms with Gasteiger partial charge in [-0.3, -0.25) is 0 Å². The lowest BCUT2D eigenvalue weighted by Crippen LogP contribution is -2.47. The second-order valence-electron chi connectivity index (χ2n) is 7.65. The first-order valence-corrected chi connectivity index (χ1v) is 7.64. The molecule has 0 spiro atoms. The quantitative estimate of drug-likeness (QED) is 0.665. The summed E-state index contributed by atoms with van der Waals surface area (Å²) < 4.78 is 0. The van der Waals surface area contributed by atoms with Gasteiger partial charge in [-0.25, -0.2) is 0 Å². The third kappa shape index (κ3) is 3.24. The van der Waals surface area contributed by atoms with Gasteiger partial charge < -0.3 is 5.11 Å². The summed E-state index contributed by atoms with van der Waals surface area (Å²) in [6, 6.07) is 0. The van der Waals surface area contributed by atoms with Crippen molar-refractivity contribution in [1.82, 2.24) is 0 Å². The van der Waals surface area contributed by atoms with Crippen LogP contribution in [-0.4, -0.2) is 10.7 Å². The van der Waals surface area contributed by atoms with Crippen LogP contribution in [0, 0.1) is 17.3 Å². The van der Waals surface area contributed by atoms with Crippen molar-refractivity contribution in [3.63, 3.8) is 0 Å². The predicted octanol–water partition coefficient (Wildman–Crippen LogP) is 4.53. The molecule has 0 amide bonds. The Morgan fingerprint density at radius 1 is 0.941 bits per heavy atom. The van der Waals surface area contributed by atoms with Crippen molar-refractivity contribution >= 4 is 0 Å². The average Bonchev–Trinajstić information content (AvgIpc) is 2.41. The Balaban J connectivity index is 2.10. The first-order valence-electron chi connectivity index (χ1n) is 7.64. The van der Waals surface area contributed by atoms with Gasteiger partial charge >= 0.3 is 0 Å². The van der Waals surface area contributed by atoms with Crippen LogP contribution in [0.3, 0.4) is 0 Å². The molecule has 1 N–H and O–H groups in total. The largest absolute Gasteiger partial charge is 0.390 e. The van der Waals surface area contributed by atoms with E-state index in [2.05, 4.69) is 20.8 Å². The van der Waals surface area contributed by atoms with E-state index in [1.165, 1.54) is 44.9 Å². The van der Waals surface area contributed by atoms with E-state index >= 15 is 0 Å². The molecule has 0 aliphatic heterocycles. The summed E-state index contributed by atoms with van der Waals surface area (Å²) >= 11 is 0. The van der Waals surface area contributed by atoms with E-state index in [0.29, 0.717) is 17.3 Å². The summed E-state index contributed by atoms with van der Waals surface area (Å²) in [6.07, 6.45) is 11.3. The van der Waals surface area contributed by atoms with Gasteiger partial charge in [0.05, 0.1) is 5.60 Å². The number of rotatable bonds is 1. The van der Waals surface area contributed by atoms with E-state index in [4.69, 9.17) is 0 Å². The van der Waals surface area contributed by atoms with Gasteiger partial charge in [0.1, 0.15) is 0 Å². The normalized spacial score (nSPS) is 39.9. The van der Waals surface area contributed by atoms with Gasteiger partial charge in [-0.05, 0) is 49.4 Å². The van der Waals surface area contributed by atoms with Crippen molar-refractivity contribution < 1.29 is 5.11 Å². The number of aliphatic hydroxyl groups is 1. The zero-order valence-corrected chi connectivity index (χ0v) is 12.0. The van der Waals surface area contributed by atoms with Crippen molar-refractivity contribution in [2.24, 2.45) is 17.3 Å². The van der Waals surface area contributed by atoms with Crippen LogP contribution in [0.25, 0.3) is 0 Å². The van der Waals surface area contributed by atoms with E-state index in [1.54, 1.807) is 0 Å². The van der Waals surface area contributed by atoms with Gasteiger partial charge in [-0.2, -0.15) is 0 Å². The molecule has 2 aliphatic carbocycles. The van der Waals surface area contributed by atoms with Gasteiger partial charge in [0.15, 0.2) is 0 Å². The molecular weight excluding hydrogens is 208 g/mol. The van der Waals surface area contributed by atoms with Crippen LogP contribution in [0.1, 0.15) is 78.6 Å². The van der Waals surface area contributed by atoms with E-state index < -0.39 is 0 Å². The minimum absolute atomic E-state index is 0.332. The Labute approximate surface area is 107 Å². The van der Waals surface area contributed by atoms with Crippen molar-refractivity contribution in [3.05, 3.63) is 0 Å². The third-order valence-corrected chi connectivity index (χ3v) is 5.00. The van der Waals surface area contributed by atoms with Crippen LogP contribution in [0.5, 0.6) is 0 Å². The zero-order chi connectivity index (χ0) is 12.5. The molecule has 17 heavy (non-hydrogen) atoms. The fourth-order valence-corrected chi connectivity index (χ4v) is 4.72. The molecule has 1 nitrogen and oxygen atoms in total. The van der Waals surface area contributed by atoms with Gasteiger partial charge in [-0.15, -0.1) is 0 Å². The minimum atomic E-state index is -0.356. The van der Waals surface area contributed by atoms with Gasteiger partial charge in [0.2, 0.25) is 0 Å². The highest BCUT2D eigenvalue weighted by Crippen LogP contribution is 2.49. The first-order chi connectivity index (χ1) is 7.91. The molecule has 0 saturated heterocycles. The highest BCUT2D eigenvalue weighted by atomic mass is 16.3. The van der Waals surface area contributed by atoms with Crippen LogP contribution in [0.2, 0.25) is 0 Å². The lowest BCUT2D eigenvalue weighted by Gasteiger charge is -2.48. The van der Waals surface area contributed by atoms with Crippen LogP contribution < -0.4 is 0 Å². The topological polar surface area (TPSA) is 20.2 Å². The van der Waals surface area contributed by atoms with Crippen LogP contribution in [0.4, 0.5) is 0 Å². The van der Waals surface area contributed by atoms with Crippen molar-refractivity contribution in [1.29, 1.82) is 0 Å². The minimum Gasteiger partial charge on any atom is -0.390 e. The van der Waals surface area contributed by atoms with Crippen molar-refractivity contribution in [2.75, 3.05) is 0 Å². The van der Waals surface area contributed by atoms with Crippen molar-refractivity contribution in [3.8, 4) is 0 Å². The summed E-state index contributed by atoms with van der Waals surface area (Å²) in [4.78, 5) is 0. The Hall–Kier alpha value is -0.0400. The molecule has 2 saturated carbocycles. The Kier molecular flexibility index (Phi) is 3.87. The SMILES string of the molecule is CC1CC(C)(C)CC(O)(C2CCCCCC2)C1. The second kappa shape index (κ2) is 4.91. The molecule has 2 atom stereocenters. The standard InChI is InChI=1S/C16H30O/c1-13-10-15(2,3)12-16(17,11-13)14-8-6-4-5-7-9-14/h13-14,17H,4-12H2,1-3H3. The maximum Gasteiger partial charge on any atom is 0.0683 e. The Bertz CT molecular complexity index is 250. The van der Waals surface area contributed by atoms with E-state index in [0.717, 1.165) is 12.8 Å². The predicted molar refractivity (Wildman–Crippen MR) is 72.9 cm³/mol. The summed E-state index contributed by atoms with van der Waals surface area (Å²) in [5, 5.41) is 11.1. The second-order valence-corrected chi connectivity index (χ2v) is 7.65. The van der Waals surface area contributed by atoms with E-state index in [1.807, 2.05) is 0 Å². The Morgan fingerprint density at radius 3 is 2.06 bits per heavy atom. The highest BCUT2D eigenvalue weighted by molar-refractivity contribution is 4.97. The highest BCUT2D eigenvalue weighted by Gasteiger charge is 2.45. The average molecular weight is 238 g/mol. The maximum absolute atomic E-state index is 11.1. The molecular formula is C16H30O. The van der Waals surface area contributed by atoms with Crippen molar-refractivity contribution in [2.45, 2.75) is 84.2 Å². The molecule has 0 bridgehead atoms. The summed E-state index contributed by atoms with van der Waals surface area (Å²) in [6.45, 7) is 7.00. The fraction of sp³-hybridized carbons (Fsp3) is 1.00. The zero-order valence-electron chi connectivity index (χ0n) is 12.0. The van der Waals surface area contributed by atoms with E-state index in [-0.39, 0.29) is 5.60 Å². The molecule has 0 radical (unpaired) electrons. The molecule has 100 valence electrons. The molecule has 0 aromatic heterocycles. The van der Waals surface area contributed by atoms with Gasteiger partial charge in [0, 0.05) is 0 Å². The Morgan fingerprint density at radius 2 is 1.53 bits per heavy atom. The fourth-order valence-electron chi connectivity index (χ4n) is 4.72. The molecule has 0 aromatic carbocycles. The molecule has 0 heterocycles. The summed E-state index contributed by atoms with van der Waals surface area (Å²) in [5.74, 6) is 1.26. The van der Waals surface area contributed by atoms with Crippen LogP contribution in [-0.2, 0) is 0 Å². The number of hydrogen-bond acceptors (Lipinski definition) is 1. The first kappa shape index (κ1) is 13.4. The van der Waals surface area contributed by atoms with Crippen LogP contribution in [0.15, 0.2) is 0 Å². The molecule has 2 unspecified atom stereocenters. The smallest absolute Gasteiger partial charge is 0.0683 e. The van der Waals surface area contributed by atoms with Crippen LogP contribution >= 0.6 is 0 Å².